The summed E-state index contributed by atoms with van der Waals surface area (Å²) in [6, 6.07) is 9.53. The van der Waals surface area contributed by atoms with Gasteiger partial charge in [0.1, 0.15) is 30.5 Å². The first-order chi connectivity index (χ1) is 35.6. The van der Waals surface area contributed by atoms with Gasteiger partial charge in [-0.25, -0.2) is 46.4 Å². The molecule has 4 unspecified atom stereocenters. The van der Waals surface area contributed by atoms with Gasteiger partial charge >= 0.3 is 12.2 Å². The molecule has 20 nitrogen and oxygen atoms in total. The minimum Gasteiger partial charge on any atom is -0.493 e. The highest BCUT2D eigenvalue weighted by atomic mass is 32.2. The van der Waals surface area contributed by atoms with E-state index in [1.54, 1.807) is 12.1 Å². The summed E-state index contributed by atoms with van der Waals surface area (Å²) in [5, 5.41) is -0.621. The van der Waals surface area contributed by atoms with Crippen molar-refractivity contribution in [1.82, 2.24) is 29.7 Å². The van der Waals surface area contributed by atoms with Crippen LogP contribution in [0.25, 0.3) is 0 Å². The van der Waals surface area contributed by atoms with E-state index in [9.17, 15) is 26.4 Å². The zero-order chi connectivity index (χ0) is 53.6. The van der Waals surface area contributed by atoms with E-state index in [1.165, 1.54) is 51.1 Å². The molecule has 4 aliphatic heterocycles. The van der Waals surface area contributed by atoms with Crippen molar-refractivity contribution in [3.8, 4) is 46.5 Å². The number of rotatable bonds is 15. The highest BCUT2D eigenvalue weighted by Crippen LogP contribution is 2.44. The maximum absolute atomic E-state index is 12.8. The number of hydrogen-bond acceptors (Lipinski definition) is 18. The lowest BCUT2D eigenvalue weighted by Gasteiger charge is -2.39. The van der Waals surface area contributed by atoms with E-state index in [0.29, 0.717) is 109 Å². The molecule has 6 atom stereocenters. The molecule has 10 rings (SSSR count). The highest BCUT2D eigenvalue weighted by molar-refractivity contribution is 7.92. The van der Waals surface area contributed by atoms with E-state index in [1.807, 2.05) is 58.3 Å². The zero-order valence-electron chi connectivity index (χ0n) is 44.0. The zero-order valence-corrected chi connectivity index (χ0v) is 45.6. The van der Waals surface area contributed by atoms with Crippen LogP contribution in [0.1, 0.15) is 123 Å². The van der Waals surface area contributed by atoms with Gasteiger partial charge in [-0.15, -0.1) is 0 Å². The molecule has 75 heavy (non-hydrogen) atoms. The molecule has 0 spiro atoms. The molecule has 6 aliphatic rings. The molecule has 6 heterocycles. The Morgan fingerprint density at radius 1 is 0.560 bits per heavy atom. The SMILES string of the molecule is COc1cc(S(=O)(=O)C2CC2)ccc1Oc1ncnc(OC2CC3CC[C@@H](C2)N3C(=O)OC(C)(C)C)c1C.COc1cc(S(=O)(=O)C2CC2)ccc1Oc1ncnc(OC2CC3CC[C@@H](C2)N3C(=O)OC(C)C)c1C. The third kappa shape index (κ3) is 12.0. The predicted octanol–water partition coefficient (Wildman–Crippen LogP) is 9.27. The first-order valence-electron chi connectivity index (χ1n) is 25.8. The van der Waals surface area contributed by atoms with Gasteiger partial charge in [0, 0.05) is 62.0 Å². The Bertz CT molecular complexity index is 2970. The number of nitrogens with zero attached hydrogens (tertiary/aromatic N) is 6. The van der Waals surface area contributed by atoms with Crippen LogP contribution >= 0.6 is 0 Å². The Morgan fingerprint density at radius 3 is 1.28 bits per heavy atom. The van der Waals surface area contributed by atoms with Gasteiger partial charge in [-0.3, -0.25) is 0 Å². The second-order valence-electron chi connectivity index (χ2n) is 21.5. The van der Waals surface area contributed by atoms with Gasteiger partial charge in [0.2, 0.25) is 23.5 Å². The Hall–Kier alpha value is -6.16. The Balaban J connectivity index is 0.000000184. The van der Waals surface area contributed by atoms with Crippen LogP contribution in [0.2, 0.25) is 0 Å². The van der Waals surface area contributed by atoms with Crippen LogP contribution in [0.15, 0.2) is 58.8 Å². The van der Waals surface area contributed by atoms with Crippen molar-refractivity contribution >= 4 is 31.9 Å². The summed E-state index contributed by atoms with van der Waals surface area (Å²) < 4.78 is 97.1. The smallest absolute Gasteiger partial charge is 0.410 e. The predicted molar refractivity (Wildman–Crippen MR) is 273 cm³/mol. The van der Waals surface area contributed by atoms with Crippen LogP contribution in [0, 0.1) is 13.8 Å². The van der Waals surface area contributed by atoms with Crippen molar-refractivity contribution in [2.75, 3.05) is 14.2 Å². The molecular weight excluding hydrogens is 1010 g/mol. The van der Waals surface area contributed by atoms with Crippen LogP contribution < -0.4 is 28.4 Å². The molecule has 22 heteroatoms. The van der Waals surface area contributed by atoms with Gasteiger partial charge in [-0.2, -0.15) is 0 Å². The Labute approximate surface area is 438 Å². The lowest BCUT2D eigenvalue weighted by Crippen LogP contribution is -2.50. The number of methoxy groups -OCH3 is 2. The number of carbonyl (C=O) groups excluding carboxylic acids is 2. The largest absolute Gasteiger partial charge is 0.493 e. The minimum absolute atomic E-state index is 0.0705. The molecule has 0 radical (unpaired) electrons. The van der Waals surface area contributed by atoms with E-state index in [-0.39, 0.29) is 75.0 Å². The maximum Gasteiger partial charge on any atom is 0.410 e. The highest BCUT2D eigenvalue weighted by Gasteiger charge is 2.47. The van der Waals surface area contributed by atoms with Gasteiger partial charge in [0.05, 0.1) is 51.7 Å². The second kappa shape index (κ2) is 21.5. The number of hydrogen-bond donors (Lipinski definition) is 0. The van der Waals surface area contributed by atoms with E-state index >= 15 is 0 Å². The molecule has 2 aromatic heterocycles. The molecule has 0 N–H and O–H groups in total. The number of benzene rings is 2. The molecule has 2 aliphatic carbocycles. The van der Waals surface area contributed by atoms with Crippen LogP contribution in [-0.2, 0) is 29.1 Å². The van der Waals surface area contributed by atoms with Gasteiger partial charge in [0.25, 0.3) is 0 Å². The second-order valence-corrected chi connectivity index (χ2v) is 25.9. The Kier molecular flexibility index (Phi) is 15.4. The van der Waals surface area contributed by atoms with Gasteiger partial charge in [-0.05, 0) is 124 Å². The fourth-order valence-corrected chi connectivity index (χ4v) is 13.7. The fourth-order valence-electron chi connectivity index (χ4n) is 10.4. The van der Waals surface area contributed by atoms with Crippen molar-refractivity contribution in [3.63, 3.8) is 0 Å². The summed E-state index contributed by atoms with van der Waals surface area (Å²) in [7, 11) is -3.77. The maximum atomic E-state index is 12.8. The molecule has 2 saturated carbocycles. The van der Waals surface area contributed by atoms with Crippen molar-refractivity contribution < 1.29 is 64.3 Å². The summed E-state index contributed by atoms with van der Waals surface area (Å²) in [6.07, 6.45) is 11.1. The van der Waals surface area contributed by atoms with Gasteiger partial charge in [-0.1, -0.05) is 0 Å². The van der Waals surface area contributed by atoms with Crippen LogP contribution in [0.3, 0.4) is 0 Å². The number of piperidine rings is 2. The average molecular weight is 1080 g/mol. The van der Waals surface area contributed by atoms with Crippen LogP contribution in [0.5, 0.6) is 46.5 Å². The average Bonchev–Trinajstić information content (AvgIpc) is 4.30. The summed E-state index contributed by atoms with van der Waals surface area (Å²) in [5.74, 6) is 2.72. The van der Waals surface area contributed by atoms with Crippen LogP contribution in [0.4, 0.5) is 9.59 Å². The summed E-state index contributed by atoms with van der Waals surface area (Å²) >= 11 is 0. The Morgan fingerprint density at radius 2 is 0.933 bits per heavy atom. The van der Waals surface area contributed by atoms with Crippen molar-refractivity contribution in [2.24, 2.45) is 0 Å². The molecule has 6 fully saturated rings. The monoisotopic (exact) mass is 1080 g/mol. The molecule has 4 aromatic rings. The molecule has 2 amide bonds. The fraction of sp³-hybridized carbons (Fsp3) is 0.585. The summed E-state index contributed by atoms with van der Waals surface area (Å²) in [5.41, 5.74) is 0.701. The third-order valence-electron chi connectivity index (χ3n) is 14.3. The number of ether oxygens (including phenoxy) is 8. The van der Waals surface area contributed by atoms with Crippen molar-refractivity contribution in [2.45, 2.75) is 194 Å². The first kappa shape index (κ1) is 53.7. The summed E-state index contributed by atoms with van der Waals surface area (Å²) in [4.78, 5) is 46.7. The normalized spacial score (nSPS) is 23.2. The number of fused-ring (bicyclic) bond motifs is 4. The van der Waals surface area contributed by atoms with E-state index in [2.05, 4.69) is 19.9 Å². The lowest BCUT2D eigenvalue weighted by molar-refractivity contribution is -0.00779. The van der Waals surface area contributed by atoms with E-state index in [4.69, 9.17) is 37.9 Å². The van der Waals surface area contributed by atoms with Gasteiger partial charge < -0.3 is 47.7 Å². The van der Waals surface area contributed by atoms with E-state index < -0.39 is 25.3 Å². The van der Waals surface area contributed by atoms with Crippen molar-refractivity contribution in [1.29, 1.82) is 0 Å². The van der Waals surface area contributed by atoms with Crippen molar-refractivity contribution in [3.05, 3.63) is 60.2 Å². The number of amides is 2. The lowest BCUT2D eigenvalue weighted by atomic mass is 10.00. The quantitative estimate of drug-likeness (QED) is 0.108. The number of aromatic nitrogens is 4. The van der Waals surface area contributed by atoms with Crippen LogP contribution in [-0.4, -0.2) is 132 Å². The number of sulfone groups is 2. The standard InChI is InChI=1S/C27H35N3O7S.C26H33N3O7S/c1-16-24(35-19-12-17-6-7-18(13-19)30(17)26(31)37-27(2,3)4)28-15-29-25(16)36-22-11-10-21(14-23(22)34-5)38(32,33)20-8-9-20;1-15(2)34-26(30)29-17-5-6-18(29)12-19(11-17)35-24-16(3)25(28-14-27-24)36-22-10-9-21(13-23(22)33-4)37(31,32)20-7-8-20/h10-11,14-15,17-20H,6-9,12-13H2,1-5H3;9-10,13-15,17-20H,5-8,11-12H2,1-4H3/t2*17-,18?,19?/m00/s1. The molecular formula is C53H68N6O14S2. The molecule has 4 saturated heterocycles. The minimum atomic E-state index is -3.36. The van der Waals surface area contributed by atoms with E-state index in [0.717, 1.165) is 25.7 Å². The molecule has 4 bridgehead atoms. The topological polar surface area (TPSA) is 234 Å². The number of carbonyl (C=O) groups is 2. The molecule has 406 valence electrons. The van der Waals surface area contributed by atoms with Gasteiger partial charge in [0.15, 0.2) is 42.7 Å². The molecule has 2 aromatic carbocycles. The third-order valence-corrected chi connectivity index (χ3v) is 18.9. The summed E-state index contributed by atoms with van der Waals surface area (Å²) in [6.45, 7) is 13.0. The first-order valence-corrected chi connectivity index (χ1v) is 28.9.